The van der Waals surface area contributed by atoms with Gasteiger partial charge in [-0.2, -0.15) is 0 Å². The van der Waals surface area contributed by atoms with Gasteiger partial charge in [-0.15, -0.1) is 10.2 Å². The molecule has 0 N–H and O–H groups in total. The first-order valence-electron chi connectivity index (χ1n) is 5.68. The van der Waals surface area contributed by atoms with Crippen LogP contribution >= 0.6 is 0 Å². The molecule has 0 bridgehead atoms. The number of azo groups is 1. The van der Waals surface area contributed by atoms with E-state index in [-0.39, 0.29) is 0 Å². The molecule has 18 heavy (non-hydrogen) atoms. The summed E-state index contributed by atoms with van der Waals surface area (Å²) in [6.07, 6.45) is 1.69. The zero-order valence-electron chi connectivity index (χ0n) is 10.7. The van der Waals surface area contributed by atoms with Gasteiger partial charge in [-0.25, -0.2) is 4.98 Å². The fourth-order valence-corrected chi connectivity index (χ4v) is 1.79. The molecule has 0 amide bonds. The second-order valence-corrected chi connectivity index (χ2v) is 4.02. The van der Waals surface area contributed by atoms with Crippen LogP contribution in [0.5, 0.6) is 5.75 Å². The monoisotopic (exact) mass is 241 g/mol. The highest BCUT2D eigenvalue weighted by molar-refractivity contribution is 5.57. The number of benzene rings is 1. The molecule has 0 aliphatic heterocycles. The smallest absolute Gasteiger partial charge is 0.174 e. The van der Waals surface area contributed by atoms with Crippen LogP contribution in [-0.4, -0.2) is 12.1 Å². The molecule has 0 radical (unpaired) electrons. The maximum atomic E-state index is 5.35. The maximum Gasteiger partial charge on any atom is 0.174 e. The van der Waals surface area contributed by atoms with Crippen molar-refractivity contribution in [1.29, 1.82) is 0 Å². The number of aryl methyl sites for hydroxylation is 2. The molecule has 1 heterocycles. The summed E-state index contributed by atoms with van der Waals surface area (Å²) in [5.74, 6) is 1.33. The summed E-state index contributed by atoms with van der Waals surface area (Å²) < 4.78 is 5.35. The van der Waals surface area contributed by atoms with Crippen molar-refractivity contribution < 1.29 is 4.74 Å². The van der Waals surface area contributed by atoms with Crippen molar-refractivity contribution >= 4 is 11.5 Å². The molecule has 0 unspecified atom stereocenters. The summed E-state index contributed by atoms with van der Waals surface area (Å²) in [4.78, 5) is 4.09. The van der Waals surface area contributed by atoms with E-state index in [1.165, 1.54) is 0 Å². The SMILES string of the molecule is COc1c(C)cc(C)cc1N=Nc1ccccn1. The number of hydrogen-bond acceptors (Lipinski definition) is 4. The summed E-state index contributed by atoms with van der Waals surface area (Å²) in [5.41, 5.74) is 2.90. The van der Waals surface area contributed by atoms with Crippen LogP contribution in [0.3, 0.4) is 0 Å². The Bertz CT molecular complexity index is 565. The van der Waals surface area contributed by atoms with E-state index in [4.69, 9.17) is 4.74 Å². The van der Waals surface area contributed by atoms with Gasteiger partial charge in [0.1, 0.15) is 11.4 Å². The van der Waals surface area contributed by atoms with Crippen molar-refractivity contribution in [2.75, 3.05) is 7.11 Å². The van der Waals surface area contributed by atoms with Crippen molar-refractivity contribution in [2.24, 2.45) is 10.2 Å². The molecule has 0 aliphatic carbocycles. The zero-order valence-corrected chi connectivity index (χ0v) is 10.7. The molecule has 0 aliphatic rings. The van der Waals surface area contributed by atoms with Crippen LogP contribution in [0.15, 0.2) is 46.8 Å². The van der Waals surface area contributed by atoms with Crippen LogP contribution in [0, 0.1) is 13.8 Å². The van der Waals surface area contributed by atoms with Gasteiger partial charge in [0, 0.05) is 6.20 Å². The summed E-state index contributed by atoms with van der Waals surface area (Å²) in [5, 5.41) is 8.31. The normalized spacial score (nSPS) is 10.8. The second kappa shape index (κ2) is 5.40. The lowest BCUT2D eigenvalue weighted by Gasteiger charge is -2.08. The van der Waals surface area contributed by atoms with E-state index in [1.807, 2.05) is 32.0 Å². The van der Waals surface area contributed by atoms with Gasteiger partial charge in [-0.1, -0.05) is 12.1 Å². The van der Waals surface area contributed by atoms with Gasteiger partial charge >= 0.3 is 0 Å². The maximum absolute atomic E-state index is 5.35. The molecule has 1 aromatic carbocycles. The van der Waals surface area contributed by atoms with E-state index in [9.17, 15) is 0 Å². The number of methoxy groups -OCH3 is 1. The van der Waals surface area contributed by atoms with Crippen LogP contribution in [0.25, 0.3) is 0 Å². The van der Waals surface area contributed by atoms with E-state index in [1.54, 1.807) is 19.4 Å². The first-order chi connectivity index (χ1) is 8.70. The van der Waals surface area contributed by atoms with E-state index >= 15 is 0 Å². The molecular weight excluding hydrogens is 226 g/mol. The Morgan fingerprint density at radius 2 is 1.94 bits per heavy atom. The molecule has 0 saturated heterocycles. The minimum Gasteiger partial charge on any atom is -0.494 e. The Morgan fingerprint density at radius 1 is 1.11 bits per heavy atom. The average Bonchev–Trinajstić information content (AvgIpc) is 2.37. The predicted octanol–water partition coefficient (Wildman–Crippen LogP) is 4.12. The second-order valence-electron chi connectivity index (χ2n) is 4.02. The third-order valence-corrected chi connectivity index (χ3v) is 2.51. The fraction of sp³-hybridized carbons (Fsp3) is 0.214. The topological polar surface area (TPSA) is 46.8 Å². The van der Waals surface area contributed by atoms with Gasteiger partial charge in [0.2, 0.25) is 0 Å². The average molecular weight is 241 g/mol. The van der Waals surface area contributed by atoms with Crippen molar-refractivity contribution in [2.45, 2.75) is 13.8 Å². The van der Waals surface area contributed by atoms with Crippen molar-refractivity contribution in [1.82, 2.24) is 4.98 Å². The van der Waals surface area contributed by atoms with Crippen LogP contribution in [0.2, 0.25) is 0 Å². The third-order valence-electron chi connectivity index (χ3n) is 2.51. The van der Waals surface area contributed by atoms with E-state index in [0.29, 0.717) is 5.82 Å². The standard InChI is InChI=1S/C14H15N3O/c1-10-8-11(2)14(18-3)12(9-10)16-17-13-6-4-5-7-15-13/h4-9H,1-3H3. The van der Waals surface area contributed by atoms with Gasteiger partial charge in [0.15, 0.2) is 5.82 Å². The number of pyridine rings is 1. The molecule has 0 fully saturated rings. The molecule has 0 spiro atoms. The number of rotatable bonds is 3. The van der Waals surface area contributed by atoms with Crippen LogP contribution in [-0.2, 0) is 0 Å². The molecule has 92 valence electrons. The van der Waals surface area contributed by atoms with Gasteiger partial charge in [-0.3, -0.25) is 0 Å². The third kappa shape index (κ3) is 2.71. The predicted molar refractivity (Wildman–Crippen MR) is 70.9 cm³/mol. The van der Waals surface area contributed by atoms with Crippen molar-refractivity contribution in [3.63, 3.8) is 0 Å². The van der Waals surface area contributed by atoms with Gasteiger partial charge in [0.05, 0.1) is 7.11 Å². The van der Waals surface area contributed by atoms with E-state index in [0.717, 1.165) is 22.6 Å². The lowest BCUT2D eigenvalue weighted by Crippen LogP contribution is -1.88. The minimum absolute atomic E-state index is 0.582. The summed E-state index contributed by atoms with van der Waals surface area (Å²) >= 11 is 0. The molecular formula is C14H15N3O. The largest absolute Gasteiger partial charge is 0.494 e. The number of aromatic nitrogens is 1. The molecule has 4 nitrogen and oxygen atoms in total. The van der Waals surface area contributed by atoms with Gasteiger partial charge in [-0.05, 0) is 43.2 Å². The number of hydrogen-bond donors (Lipinski definition) is 0. The number of ether oxygens (including phenoxy) is 1. The van der Waals surface area contributed by atoms with Gasteiger partial charge in [0.25, 0.3) is 0 Å². The van der Waals surface area contributed by atoms with Crippen LogP contribution in [0.4, 0.5) is 11.5 Å². The summed E-state index contributed by atoms with van der Waals surface area (Å²) in [6, 6.07) is 9.52. The fourth-order valence-electron chi connectivity index (χ4n) is 1.79. The highest BCUT2D eigenvalue weighted by Crippen LogP contribution is 2.33. The first kappa shape index (κ1) is 12.2. The molecule has 4 heteroatoms. The van der Waals surface area contributed by atoms with E-state index < -0.39 is 0 Å². The lowest BCUT2D eigenvalue weighted by molar-refractivity contribution is 0.412. The minimum atomic E-state index is 0.582. The van der Waals surface area contributed by atoms with E-state index in [2.05, 4.69) is 21.3 Å². The first-order valence-corrected chi connectivity index (χ1v) is 5.68. The molecule has 2 rings (SSSR count). The molecule has 1 aromatic heterocycles. The Hall–Kier alpha value is -2.23. The summed E-state index contributed by atoms with van der Waals surface area (Å²) in [7, 11) is 1.64. The van der Waals surface area contributed by atoms with Crippen molar-refractivity contribution in [3.05, 3.63) is 47.7 Å². The van der Waals surface area contributed by atoms with Crippen LogP contribution < -0.4 is 4.74 Å². The van der Waals surface area contributed by atoms with Crippen molar-refractivity contribution in [3.8, 4) is 5.75 Å². The van der Waals surface area contributed by atoms with Crippen LogP contribution in [0.1, 0.15) is 11.1 Å². The Morgan fingerprint density at radius 3 is 2.61 bits per heavy atom. The Kier molecular flexibility index (Phi) is 3.67. The quantitative estimate of drug-likeness (QED) is 0.759. The lowest BCUT2D eigenvalue weighted by atomic mass is 10.1. The molecule has 0 saturated carbocycles. The summed E-state index contributed by atoms with van der Waals surface area (Å²) in [6.45, 7) is 4.01. The Labute approximate surface area is 106 Å². The van der Waals surface area contributed by atoms with Gasteiger partial charge < -0.3 is 4.74 Å². The number of nitrogens with zero attached hydrogens (tertiary/aromatic N) is 3. The molecule has 2 aromatic rings. The highest BCUT2D eigenvalue weighted by Gasteiger charge is 2.06. The zero-order chi connectivity index (χ0) is 13.0. The highest BCUT2D eigenvalue weighted by atomic mass is 16.5. The molecule has 0 atom stereocenters. The Balaban J connectivity index is 2.37.